The molecule has 0 amide bonds. The Labute approximate surface area is 191 Å². The molecule has 7 rings (SSSR count). The highest BCUT2D eigenvalue weighted by Gasteiger charge is 2.20. The van der Waals surface area contributed by atoms with Crippen molar-refractivity contribution in [1.82, 2.24) is 4.40 Å². The molecule has 0 N–H and O–H groups in total. The summed E-state index contributed by atoms with van der Waals surface area (Å²) >= 11 is 0. The maximum Gasteiger partial charge on any atom is 0.194 e. The van der Waals surface area contributed by atoms with Gasteiger partial charge in [0.1, 0.15) is 0 Å². The molecule has 2 nitrogen and oxygen atoms in total. The van der Waals surface area contributed by atoms with Crippen LogP contribution < -0.4 is 0 Å². The third-order valence-electron chi connectivity index (χ3n) is 7.09. The molecule has 0 bridgehead atoms. The van der Waals surface area contributed by atoms with Crippen molar-refractivity contribution in [2.24, 2.45) is 0 Å². The summed E-state index contributed by atoms with van der Waals surface area (Å²) in [7, 11) is 0. The van der Waals surface area contributed by atoms with Crippen molar-refractivity contribution >= 4 is 54.6 Å². The van der Waals surface area contributed by atoms with Gasteiger partial charge in [-0.1, -0.05) is 66.2 Å². The molecule has 0 spiro atoms. The van der Waals surface area contributed by atoms with Crippen LogP contribution in [0, 0.1) is 20.4 Å². The molecule has 0 radical (unpaired) electrons. The van der Waals surface area contributed by atoms with Crippen LogP contribution in [0.15, 0.2) is 84.9 Å². The fraction of sp³-hybridized carbons (Fsp3) is 0.0645. The van der Waals surface area contributed by atoms with E-state index >= 15 is 0 Å². The molecule has 0 atom stereocenters. The Balaban J connectivity index is 1.66. The van der Waals surface area contributed by atoms with Crippen molar-refractivity contribution in [3.8, 4) is 11.1 Å². The van der Waals surface area contributed by atoms with Gasteiger partial charge >= 0.3 is 0 Å². The van der Waals surface area contributed by atoms with E-state index in [0.29, 0.717) is 5.69 Å². The average Bonchev–Trinajstić information content (AvgIpc) is 3.34. The third-order valence-corrected chi connectivity index (χ3v) is 7.09. The summed E-state index contributed by atoms with van der Waals surface area (Å²) in [5, 5.41) is 7.71. The number of benzene rings is 5. The van der Waals surface area contributed by atoms with Crippen LogP contribution in [0.2, 0.25) is 0 Å². The van der Waals surface area contributed by atoms with Crippen molar-refractivity contribution in [3.63, 3.8) is 0 Å². The van der Waals surface area contributed by atoms with Crippen molar-refractivity contribution in [2.75, 3.05) is 0 Å². The summed E-state index contributed by atoms with van der Waals surface area (Å²) in [5.74, 6) is 0. The molecule has 0 aliphatic rings. The second-order valence-corrected chi connectivity index (χ2v) is 9.07. The first-order chi connectivity index (χ1) is 16.1. The number of fused-ring (bicyclic) bond motifs is 7. The first-order valence-electron chi connectivity index (χ1n) is 11.2. The van der Waals surface area contributed by atoms with Crippen LogP contribution in [-0.2, 0) is 0 Å². The minimum Gasteiger partial charge on any atom is -0.308 e. The fourth-order valence-electron chi connectivity index (χ4n) is 5.57. The lowest BCUT2D eigenvalue weighted by Crippen LogP contribution is -1.83. The Morgan fingerprint density at radius 2 is 1.58 bits per heavy atom. The highest BCUT2D eigenvalue weighted by molar-refractivity contribution is 6.25. The van der Waals surface area contributed by atoms with Gasteiger partial charge in [-0.25, -0.2) is 4.85 Å². The van der Waals surface area contributed by atoms with Crippen molar-refractivity contribution < 1.29 is 0 Å². The molecule has 5 aromatic carbocycles. The summed E-state index contributed by atoms with van der Waals surface area (Å²) in [5.41, 5.74) is 9.09. The number of hydrogen-bond donors (Lipinski definition) is 0. The van der Waals surface area contributed by atoms with Gasteiger partial charge in [0, 0.05) is 21.5 Å². The van der Waals surface area contributed by atoms with E-state index in [4.69, 9.17) is 6.57 Å². The predicted octanol–water partition coefficient (Wildman–Crippen LogP) is 8.82. The standard InChI is InChI=1S/C31H20N2/c1-18-8-10-20-15-25-24-12-9-19(2)30-26-16-21(23-6-4-5-7-27(23)32-3)11-13-28(26)33(31(24)30)29(25)17-22(20)14-18/h4-17H,1-2H3. The summed E-state index contributed by atoms with van der Waals surface area (Å²) in [6.45, 7) is 11.9. The smallest absolute Gasteiger partial charge is 0.194 e. The molecule has 2 aromatic heterocycles. The van der Waals surface area contributed by atoms with Gasteiger partial charge in [-0.05, 0) is 65.6 Å². The Hall–Kier alpha value is -4.35. The van der Waals surface area contributed by atoms with E-state index in [1.807, 2.05) is 24.3 Å². The zero-order chi connectivity index (χ0) is 22.3. The molecule has 2 heteroatoms. The van der Waals surface area contributed by atoms with Crippen LogP contribution in [0.1, 0.15) is 11.1 Å². The number of aromatic nitrogens is 1. The first-order valence-corrected chi connectivity index (χ1v) is 11.2. The normalized spacial score (nSPS) is 11.9. The van der Waals surface area contributed by atoms with E-state index in [1.165, 1.54) is 60.0 Å². The third kappa shape index (κ3) is 2.37. The second-order valence-electron chi connectivity index (χ2n) is 9.07. The van der Waals surface area contributed by atoms with Gasteiger partial charge in [0.05, 0.1) is 23.1 Å². The number of hydrogen-bond acceptors (Lipinski definition) is 0. The molecule has 0 fully saturated rings. The molecular weight excluding hydrogens is 400 g/mol. The van der Waals surface area contributed by atoms with Gasteiger partial charge < -0.3 is 4.40 Å². The molecule has 0 aliphatic heterocycles. The van der Waals surface area contributed by atoms with Gasteiger partial charge in [0.15, 0.2) is 5.69 Å². The highest BCUT2D eigenvalue weighted by Crippen LogP contribution is 2.43. The predicted molar refractivity (Wildman–Crippen MR) is 140 cm³/mol. The molecular formula is C31H20N2. The van der Waals surface area contributed by atoms with E-state index in [9.17, 15) is 0 Å². The Kier molecular flexibility index (Phi) is 3.51. The largest absolute Gasteiger partial charge is 0.308 e. The highest BCUT2D eigenvalue weighted by atomic mass is 14.9. The lowest BCUT2D eigenvalue weighted by atomic mass is 9.98. The van der Waals surface area contributed by atoms with Gasteiger partial charge in [-0.15, -0.1) is 0 Å². The maximum atomic E-state index is 7.59. The van der Waals surface area contributed by atoms with Crippen molar-refractivity contribution in [1.29, 1.82) is 0 Å². The van der Waals surface area contributed by atoms with Gasteiger partial charge in [-0.2, -0.15) is 0 Å². The van der Waals surface area contributed by atoms with Crippen LogP contribution in [0.25, 0.3) is 64.8 Å². The molecule has 154 valence electrons. The summed E-state index contributed by atoms with van der Waals surface area (Å²) in [4.78, 5) is 3.75. The van der Waals surface area contributed by atoms with Crippen LogP contribution in [0.3, 0.4) is 0 Å². The van der Waals surface area contributed by atoms with Gasteiger partial charge in [0.25, 0.3) is 0 Å². The molecule has 0 aliphatic carbocycles. The zero-order valence-corrected chi connectivity index (χ0v) is 18.5. The molecule has 7 aromatic rings. The average molecular weight is 421 g/mol. The van der Waals surface area contributed by atoms with E-state index in [0.717, 1.165) is 11.1 Å². The van der Waals surface area contributed by atoms with Crippen LogP contribution >= 0.6 is 0 Å². The SMILES string of the molecule is [C-]#[N+]c1ccccc1-c1ccc2c(c1)c1c(C)ccc3c4cc5ccc(C)cc5cc4n2c31. The Morgan fingerprint density at radius 3 is 2.45 bits per heavy atom. The molecule has 0 unspecified atom stereocenters. The molecule has 33 heavy (non-hydrogen) atoms. The van der Waals surface area contributed by atoms with E-state index in [-0.39, 0.29) is 0 Å². The van der Waals surface area contributed by atoms with Crippen molar-refractivity contribution in [3.05, 3.63) is 107 Å². The molecule has 2 heterocycles. The number of rotatable bonds is 1. The summed E-state index contributed by atoms with van der Waals surface area (Å²) < 4.78 is 2.44. The summed E-state index contributed by atoms with van der Waals surface area (Å²) in [6.07, 6.45) is 0. The first kappa shape index (κ1) is 18.2. The quantitative estimate of drug-likeness (QED) is 0.235. The summed E-state index contributed by atoms with van der Waals surface area (Å²) in [6, 6.07) is 30.4. The lowest BCUT2D eigenvalue weighted by Gasteiger charge is -2.07. The van der Waals surface area contributed by atoms with E-state index in [2.05, 4.69) is 83.8 Å². The topological polar surface area (TPSA) is 8.77 Å². The number of para-hydroxylation sites is 1. The van der Waals surface area contributed by atoms with E-state index in [1.54, 1.807) is 0 Å². The maximum absolute atomic E-state index is 7.59. The van der Waals surface area contributed by atoms with E-state index < -0.39 is 0 Å². The monoisotopic (exact) mass is 420 g/mol. The van der Waals surface area contributed by atoms with Gasteiger partial charge in [0.2, 0.25) is 0 Å². The number of aryl methyl sites for hydroxylation is 2. The van der Waals surface area contributed by atoms with Crippen LogP contribution in [0.5, 0.6) is 0 Å². The van der Waals surface area contributed by atoms with Gasteiger partial charge in [-0.3, -0.25) is 0 Å². The second kappa shape index (κ2) is 6.34. The molecule has 0 saturated carbocycles. The fourth-order valence-corrected chi connectivity index (χ4v) is 5.57. The molecule has 0 saturated heterocycles. The van der Waals surface area contributed by atoms with Crippen LogP contribution in [-0.4, -0.2) is 4.40 Å². The number of nitrogens with zero attached hydrogens (tertiary/aromatic N) is 2. The Bertz CT molecular complexity index is 1950. The zero-order valence-electron chi connectivity index (χ0n) is 18.5. The minimum atomic E-state index is 0.692. The lowest BCUT2D eigenvalue weighted by molar-refractivity contribution is 1.37. The van der Waals surface area contributed by atoms with Crippen molar-refractivity contribution in [2.45, 2.75) is 13.8 Å². The van der Waals surface area contributed by atoms with Crippen LogP contribution in [0.4, 0.5) is 5.69 Å². The Morgan fingerprint density at radius 1 is 0.697 bits per heavy atom. The minimum absolute atomic E-state index is 0.692.